The summed E-state index contributed by atoms with van der Waals surface area (Å²) < 4.78 is 0. The molecule has 0 heterocycles. The third-order valence-electron chi connectivity index (χ3n) is 3.36. The molecular formula is C15H23NO2. The van der Waals surface area contributed by atoms with E-state index in [2.05, 4.69) is 44.9 Å². The minimum absolute atomic E-state index is 0.264. The number of anilines is 1. The molecule has 0 saturated heterocycles. The zero-order chi connectivity index (χ0) is 13.7. The third kappa shape index (κ3) is 4.06. The van der Waals surface area contributed by atoms with Crippen LogP contribution in [-0.4, -0.2) is 24.7 Å². The zero-order valence-electron chi connectivity index (χ0n) is 11.8. The molecule has 0 aliphatic heterocycles. The molecule has 0 spiro atoms. The van der Waals surface area contributed by atoms with Crippen molar-refractivity contribution in [2.24, 2.45) is 0 Å². The minimum atomic E-state index is -0.708. The van der Waals surface area contributed by atoms with Gasteiger partial charge >= 0.3 is 5.97 Å². The quantitative estimate of drug-likeness (QED) is 0.786. The Balaban J connectivity index is 2.58. The molecule has 1 aromatic rings. The van der Waals surface area contributed by atoms with Crippen LogP contribution in [0.4, 0.5) is 5.69 Å². The van der Waals surface area contributed by atoms with E-state index < -0.39 is 5.97 Å². The molecule has 0 aliphatic carbocycles. The number of unbranched alkanes of at least 4 members (excludes halogenated alkanes) is 1. The lowest BCUT2D eigenvalue weighted by Crippen LogP contribution is -2.20. The number of hydrogen-bond acceptors (Lipinski definition) is 2. The number of carbonyl (C=O) groups is 1. The van der Waals surface area contributed by atoms with Crippen LogP contribution < -0.4 is 4.90 Å². The fourth-order valence-electron chi connectivity index (χ4n) is 2.10. The Kier molecular flexibility index (Phi) is 5.20. The number of benzene rings is 1. The van der Waals surface area contributed by atoms with E-state index in [1.54, 1.807) is 0 Å². The standard InChI is InChI=1S/C15H23NO2/c1-11-9-13(3)14(10-12(11)2)16(4)8-6-5-7-15(17)18/h9-10H,5-8H2,1-4H3,(H,17,18). The molecule has 0 aliphatic rings. The highest BCUT2D eigenvalue weighted by atomic mass is 16.4. The third-order valence-corrected chi connectivity index (χ3v) is 3.36. The molecule has 1 N–H and O–H groups in total. The number of nitrogens with zero attached hydrogens (tertiary/aromatic N) is 1. The summed E-state index contributed by atoms with van der Waals surface area (Å²) in [7, 11) is 2.07. The summed E-state index contributed by atoms with van der Waals surface area (Å²) in [4.78, 5) is 12.6. The Bertz CT molecular complexity index is 427. The number of rotatable bonds is 6. The molecule has 1 rings (SSSR count). The molecule has 0 bridgehead atoms. The van der Waals surface area contributed by atoms with Gasteiger partial charge in [0.15, 0.2) is 0 Å². The predicted molar refractivity (Wildman–Crippen MR) is 75.4 cm³/mol. The first kappa shape index (κ1) is 14.6. The summed E-state index contributed by atoms with van der Waals surface area (Å²) in [6, 6.07) is 4.42. The van der Waals surface area contributed by atoms with Crippen molar-refractivity contribution in [2.45, 2.75) is 40.0 Å². The maximum atomic E-state index is 10.4. The van der Waals surface area contributed by atoms with Gasteiger partial charge in [-0.15, -0.1) is 0 Å². The van der Waals surface area contributed by atoms with Crippen LogP contribution in [0.15, 0.2) is 12.1 Å². The van der Waals surface area contributed by atoms with Crippen LogP contribution in [0, 0.1) is 20.8 Å². The molecule has 3 heteroatoms. The van der Waals surface area contributed by atoms with E-state index in [-0.39, 0.29) is 6.42 Å². The van der Waals surface area contributed by atoms with Gasteiger partial charge in [0.1, 0.15) is 0 Å². The Morgan fingerprint density at radius 1 is 1.11 bits per heavy atom. The van der Waals surface area contributed by atoms with Crippen molar-refractivity contribution in [2.75, 3.05) is 18.5 Å². The first-order valence-electron chi connectivity index (χ1n) is 6.42. The Hall–Kier alpha value is -1.51. The molecule has 0 amide bonds. The number of aliphatic carboxylic acids is 1. The monoisotopic (exact) mass is 249 g/mol. The van der Waals surface area contributed by atoms with E-state index in [0.717, 1.165) is 19.4 Å². The van der Waals surface area contributed by atoms with Crippen LogP contribution in [0.25, 0.3) is 0 Å². The van der Waals surface area contributed by atoms with Gasteiger partial charge in [-0.2, -0.15) is 0 Å². The van der Waals surface area contributed by atoms with Gasteiger partial charge < -0.3 is 10.0 Å². The molecule has 0 atom stereocenters. The van der Waals surface area contributed by atoms with E-state index in [1.807, 2.05) is 0 Å². The van der Waals surface area contributed by atoms with Gasteiger partial charge in [0.05, 0.1) is 0 Å². The van der Waals surface area contributed by atoms with Gasteiger partial charge in [0.2, 0.25) is 0 Å². The average Bonchev–Trinajstić information content (AvgIpc) is 2.28. The van der Waals surface area contributed by atoms with Crippen LogP contribution in [0.2, 0.25) is 0 Å². The van der Waals surface area contributed by atoms with Gasteiger partial charge in [-0.05, 0) is 56.4 Å². The number of carboxylic acid groups (broad SMARTS) is 1. The summed E-state index contributed by atoms with van der Waals surface area (Å²) in [6.07, 6.45) is 1.92. The van der Waals surface area contributed by atoms with Crippen LogP contribution in [0.1, 0.15) is 36.0 Å². The van der Waals surface area contributed by atoms with Crippen LogP contribution >= 0.6 is 0 Å². The van der Waals surface area contributed by atoms with Crippen molar-refractivity contribution in [1.82, 2.24) is 0 Å². The van der Waals surface area contributed by atoms with Crippen LogP contribution in [0.3, 0.4) is 0 Å². The molecule has 0 saturated carbocycles. The van der Waals surface area contributed by atoms with Gasteiger partial charge in [-0.25, -0.2) is 0 Å². The predicted octanol–water partition coefficient (Wildman–Crippen LogP) is 3.30. The molecule has 0 fully saturated rings. The molecule has 0 radical (unpaired) electrons. The maximum absolute atomic E-state index is 10.4. The highest BCUT2D eigenvalue weighted by molar-refractivity contribution is 5.66. The SMILES string of the molecule is Cc1cc(C)c(N(C)CCCCC(=O)O)cc1C. The van der Waals surface area contributed by atoms with Crippen molar-refractivity contribution in [1.29, 1.82) is 0 Å². The van der Waals surface area contributed by atoms with Gasteiger partial charge in [0, 0.05) is 25.7 Å². The van der Waals surface area contributed by atoms with E-state index in [0.29, 0.717) is 0 Å². The Labute approximate surface area is 109 Å². The molecule has 0 unspecified atom stereocenters. The second kappa shape index (κ2) is 6.43. The maximum Gasteiger partial charge on any atom is 0.303 e. The summed E-state index contributed by atoms with van der Waals surface area (Å²) in [5, 5.41) is 8.59. The normalized spacial score (nSPS) is 10.4. The lowest BCUT2D eigenvalue weighted by atomic mass is 10.0. The van der Waals surface area contributed by atoms with Crippen LogP contribution in [0.5, 0.6) is 0 Å². The zero-order valence-corrected chi connectivity index (χ0v) is 11.8. The topological polar surface area (TPSA) is 40.5 Å². The Morgan fingerprint density at radius 3 is 2.33 bits per heavy atom. The lowest BCUT2D eigenvalue weighted by molar-refractivity contribution is -0.137. The van der Waals surface area contributed by atoms with E-state index in [1.165, 1.54) is 22.4 Å². The summed E-state index contributed by atoms with van der Waals surface area (Å²) in [5.74, 6) is -0.708. The number of aryl methyl sites for hydroxylation is 3. The first-order chi connectivity index (χ1) is 8.41. The highest BCUT2D eigenvalue weighted by Crippen LogP contribution is 2.23. The average molecular weight is 249 g/mol. The molecule has 0 aromatic heterocycles. The van der Waals surface area contributed by atoms with Crippen molar-refractivity contribution < 1.29 is 9.90 Å². The molecule has 3 nitrogen and oxygen atoms in total. The second-order valence-corrected chi connectivity index (χ2v) is 5.00. The molecule has 18 heavy (non-hydrogen) atoms. The van der Waals surface area contributed by atoms with Crippen molar-refractivity contribution in [3.05, 3.63) is 28.8 Å². The number of carboxylic acids is 1. The first-order valence-corrected chi connectivity index (χ1v) is 6.42. The van der Waals surface area contributed by atoms with E-state index in [9.17, 15) is 4.79 Å². The summed E-state index contributed by atoms with van der Waals surface area (Å²) >= 11 is 0. The van der Waals surface area contributed by atoms with E-state index in [4.69, 9.17) is 5.11 Å². The molecular weight excluding hydrogens is 226 g/mol. The van der Waals surface area contributed by atoms with Crippen molar-refractivity contribution >= 4 is 11.7 Å². The fourth-order valence-corrected chi connectivity index (χ4v) is 2.10. The van der Waals surface area contributed by atoms with Gasteiger partial charge in [-0.3, -0.25) is 4.79 Å². The molecule has 1 aromatic carbocycles. The van der Waals surface area contributed by atoms with Crippen molar-refractivity contribution in [3.63, 3.8) is 0 Å². The highest BCUT2D eigenvalue weighted by Gasteiger charge is 2.07. The largest absolute Gasteiger partial charge is 0.481 e. The number of hydrogen-bond donors (Lipinski definition) is 1. The minimum Gasteiger partial charge on any atom is -0.481 e. The fraction of sp³-hybridized carbons (Fsp3) is 0.533. The Morgan fingerprint density at radius 2 is 1.72 bits per heavy atom. The van der Waals surface area contributed by atoms with Gasteiger partial charge in [-0.1, -0.05) is 6.07 Å². The van der Waals surface area contributed by atoms with Crippen molar-refractivity contribution in [3.8, 4) is 0 Å². The smallest absolute Gasteiger partial charge is 0.303 e. The van der Waals surface area contributed by atoms with Crippen LogP contribution in [-0.2, 0) is 4.79 Å². The van der Waals surface area contributed by atoms with Gasteiger partial charge in [0.25, 0.3) is 0 Å². The molecule has 100 valence electrons. The second-order valence-electron chi connectivity index (χ2n) is 5.00. The lowest BCUT2D eigenvalue weighted by Gasteiger charge is -2.22. The summed E-state index contributed by atoms with van der Waals surface area (Å²) in [6.45, 7) is 7.27. The summed E-state index contributed by atoms with van der Waals surface area (Å²) in [5.41, 5.74) is 5.13. The van der Waals surface area contributed by atoms with E-state index >= 15 is 0 Å².